The molecule has 0 unspecified atom stereocenters. The summed E-state index contributed by atoms with van der Waals surface area (Å²) in [5.41, 5.74) is 1.47. The van der Waals surface area contributed by atoms with E-state index in [0.717, 1.165) is 9.79 Å². The van der Waals surface area contributed by atoms with Crippen LogP contribution < -0.4 is 0 Å². The van der Waals surface area contributed by atoms with Gasteiger partial charge in [0.25, 0.3) is 0 Å². The van der Waals surface area contributed by atoms with Crippen LogP contribution in [0.3, 0.4) is 0 Å². The summed E-state index contributed by atoms with van der Waals surface area (Å²) in [6.45, 7) is 0. The van der Waals surface area contributed by atoms with Crippen LogP contribution in [0, 0.1) is 5.82 Å². The van der Waals surface area contributed by atoms with Crippen LogP contribution >= 0.6 is 23.4 Å². The standard InChI is InChI=1S/C20H12ClFN4O2S/c21-12-1-7-15(8-2-12)29-18-11-26(14-5-3-13(22)4-6-14)25-19(18)16-9-24-17(10-23-16)20(27)28/h1-11H,(H,27,28). The SMILES string of the molecule is O=C(O)c1cnc(-c2nn(-c3ccc(F)cc3)cc2Sc2ccc(Cl)cc2)cn1. The van der Waals surface area contributed by atoms with Crippen molar-refractivity contribution in [3.63, 3.8) is 0 Å². The lowest BCUT2D eigenvalue weighted by Crippen LogP contribution is -2.01. The summed E-state index contributed by atoms with van der Waals surface area (Å²) in [5, 5.41) is 14.2. The Morgan fingerprint density at radius 3 is 2.38 bits per heavy atom. The zero-order valence-corrected chi connectivity index (χ0v) is 16.2. The average molecular weight is 427 g/mol. The number of nitrogens with zero attached hydrogens (tertiary/aromatic N) is 4. The van der Waals surface area contributed by atoms with Crippen molar-refractivity contribution in [2.75, 3.05) is 0 Å². The number of aromatic nitrogens is 4. The van der Waals surface area contributed by atoms with E-state index in [9.17, 15) is 9.18 Å². The van der Waals surface area contributed by atoms with Gasteiger partial charge in [-0.15, -0.1) is 0 Å². The molecule has 0 saturated carbocycles. The minimum absolute atomic E-state index is 0.154. The van der Waals surface area contributed by atoms with Crippen molar-refractivity contribution >= 4 is 29.3 Å². The molecule has 0 spiro atoms. The van der Waals surface area contributed by atoms with E-state index in [0.29, 0.717) is 22.1 Å². The molecule has 2 aromatic carbocycles. The predicted octanol–water partition coefficient (Wildman–Crippen LogP) is 4.97. The fourth-order valence-corrected chi connectivity index (χ4v) is 3.57. The number of carbonyl (C=O) groups is 1. The second-order valence-electron chi connectivity index (χ2n) is 5.91. The first-order valence-corrected chi connectivity index (χ1v) is 9.54. The molecular formula is C20H12ClFN4O2S. The summed E-state index contributed by atoms with van der Waals surface area (Å²) in [6.07, 6.45) is 4.35. The van der Waals surface area contributed by atoms with Crippen LogP contribution in [-0.2, 0) is 0 Å². The van der Waals surface area contributed by atoms with Crippen molar-refractivity contribution < 1.29 is 14.3 Å². The molecule has 0 bridgehead atoms. The van der Waals surface area contributed by atoms with E-state index in [4.69, 9.17) is 16.7 Å². The highest BCUT2D eigenvalue weighted by Gasteiger charge is 2.16. The normalized spacial score (nSPS) is 10.8. The molecular weight excluding hydrogens is 415 g/mol. The summed E-state index contributed by atoms with van der Waals surface area (Å²) in [7, 11) is 0. The van der Waals surface area contributed by atoms with E-state index < -0.39 is 5.97 Å². The van der Waals surface area contributed by atoms with Crippen LogP contribution in [0.4, 0.5) is 4.39 Å². The Balaban J connectivity index is 1.77. The van der Waals surface area contributed by atoms with Crippen molar-refractivity contribution in [2.45, 2.75) is 9.79 Å². The van der Waals surface area contributed by atoms with Gasteiger partial charge in [-0.25, -0.2) is 18.9 Å². The first-order chi connectivity index (χ1) is 14.0. The van der Waals surface area contributed by atoms with Crippen LogP contribution in [-0.4, -0.2) is 30.8 Å². The van der Waals surface area contributed by atoms with Crippen molar-refractivity contribution in [1.29, 1.82) is 0 Å². The van der Waals surface area contributed by atoms with Crippen molar-refractivity contribution in [3.05, 3.63) is 83.7 Å². The number of rotatable bonds is 5. The molecule has 1 N–H and O–H groups in total. The lowest BCUT2D eigenvalue weighted by atomic mass is 10.3. The molecule has 0 aliphatic rings. The highest BCUT2D eigenvalue weighted by atomic mass is 35.5. The fourth-order valence-electron chi connectivity index (χ4n) is 2.53. The van der Waals surface area contributed by atoms with Crippen molar-refractivity contribution in [2.24, 2.45) is 0 Å². The van der Waals surface area contributed by atoms with Gasteiger partial charge in [0.05, 0.1) is 23.0 Å². The Morgan fingerprint density at radius 2 is 1.76 bits per heavy atom. The molecule has 144 valence electrons. The van der Waals surface area contributed by atoms with Gasteiger partial charge in [0, 0.05) is 16.1 Å². The first-order valence-electron chi connectivity index (χ1n) is 8.34. The number of halogens is 2. The molecule has 0 amide bonds. The minimum atomic E-state index is -1.16. The second kappa shape index (κ2) is 8.02. The van der Waals surface area contributed by atoms with E-state index in [-0.39, 0.29) is 11.5 Å². The molecule has 0 aliphatic carbocycles. The van der Waals surface area contributed by atoms with Gasteiger partial charge in [0.2, 0.25) is 0 Å². The van der Waals surface area contributed by atoms with E-state index in [1.54, 1.807) is 35.1 Å². The molecule has 0 fully saturated rings. The van der Waals surface area contributed by atoms with Crippen LogP contribution in [0.5, 0.6) is 0 Å². The van der Waals surface area contributed by atoms with E-state index in [1.807, 2.05) is 12.1 Å². The summed E-state index contributed by atoms with van der Waals surface area (Å²) in [6, 6.07) is 13.3. The molecule has 0 atom stereocenters. The molecule has 4 aromatic rings. The largest absolute Gasteiger partial charge is 0.476 e. The predicted molar refractivity (Wildman–Crippen MR) is 107 cm³/mol. The van der Waals surface area contributed by atoms with Gasteiger partial charge < -0.3 is 5.11 Å². The smallest absolute Gasteiger partial charge is 0.356 e. The zero-order valence-electron chi connectivity index (χ0n) is 14.7. The quantitative estimate of drug-likeness (QED) is 0.485. The number of carboxylic acids is 1. The summed E-state index contributed by atoms with van der Waals surface area (Å²) >= 11 is 7.40. The van der Waals surface area contributed by atoms with Gasteiger partial charge in [-0.2, -0.15) is 5.10 Å². The zero-order chi connectivity index (χ0) is 20.4. The number of aromatic carboxylic acids is 1. The lowest BCUT2D eigenvalue weighted by Gasteiger charge is -2.02. The molecule has 29 heavy (non-hydrogen) atoms. The summed E-state index contributed by atoms with van der Waals surface area (Å²) < 4.78 is 14.9. The Kier molecular flexibility index (Phi) is 5.28. The van der Waals surface area contributed by atoms with Crippen molar-refractivity contribution in [1.82, 2.24) is 19.7 Å². The Morgan fingerprint density at radius 1 is 1.03 bits per heavy atom. The van der Waals surface area contributed by atoms with Crippen molar-refractivity contribution in [3.8, 4) is 17.1 Å². The van der Waals surface area contributed by atoms with Gasteiger partial charge in [-0.3, -0.25) is 4.98 Å². The average Bonchev–Trinajstić information content (AvgIpc) is 3.14. The molecule has 0 radical (unpaired) electrons. The van der Waals surface area contributed by atoms with Gasteiger partial charge in [0.1, 0.15) is 17.2 Å². The van der Waals surface area contributed by atoms with Crippen LogP contribution in [0.25, 0.3) is 17.1 Å². The summed E-state index contributed by atoms with van der Waals surface area (Å²) in [4.78, 5) is 20.9. The number of carboxylic acid groups (broad SMARTS) is 1. The summed E-state index contributed by atoms with van der Waals surface area (Å²) in [5.74, 6) is -1.50. The topological polar surface area (TPSA) is 80.9 Å². The molecule has 2 heterocycles. The molecule has 0 aliphatic heterocycles. The van der Waals surface area contributed by atoms with E-state index in [1.165, 1.54) is 36.3 Å². The molecule has 9 heteroatoms. The highest BCUT2D eigenvalue weighted by Crippen LogP contribution is 2.35. The van der Waals surface area contributed by atoms with E-state index in [2.05, 4.69) is 15.1 Å². The van der Waals surface area contributed by atoms with Crippen LogP contribution in [0.2, 0.25) is 5.02 Å². The lowest BCUT2D eigenvalue weighted by molar-refractivity contribution is 0.0690. The Hall–Kier alpha value is -3.23. The fraction of sp³-hybridized carbons (Fsp3) is 0. The maximum absolute atomic E-state index is 13.3. The minimum Gasteiger partial charge on any atom is -0.476 e. The van der Waals surface area contributed by atoms with Crippen LogP contribution in [0.15, 0.2) is 76.9 Å². The molecule has 0 saturated heterocycles. The highest BCUT2D eigenvalue weighted by molar-refractivity contribution is 7.99. The molecule has 4 rings (SSSR count). The van der Waals surface area contributed by atoms with Gasteiger partial charge in [-0.05, 0) is 48.5 Å². The molecule has 2 aromatic heterocycles. The third-order valence-electron chi connectivity index (χ3n) is 3.93. The third-order valence-corrected chi connectivity index (χ3v) is 5.21. The Labute approximate surface area is 174 Å². The molecule has 6 nitrogen and oxygen atoms in total. The van der Waals surface area contributed by atoms with Gasteiger partial charge >= 0.3 is 5.97 Å². The number of hydrogen-bond acceptors (Lipinski definition) is 5. The third kappa shape index (κ3) is 4.28. The van der Waals surface area contributed by atoms with Gasteiger partial charge in [0.15, 0.2) is 5.69 Å². The monoisotopic (exact) mass is 426 g/mol. The van der Waals surface area contributed by atoms with E-state index >= 15 is 0 Å². The number of benzene rings is 2. The van der Waals surface area contributed by atoms with Gasteiger partial charge in [-0.1, -0.05) is 23.4 Å². The maximum atomic E-state index is 13.3. The Bertz CT molecular complexity index is 1160. The first kappa shape index (κ1) is 19.1. The maximum Gasteiger partial charge on any atom is 0.356 e. The van der Waals surface area contributed by atoms with Crippen LogP contribution in [0.1, 0.15) is 10.5 Å². The second-order valence-corrected chi connectivity index (χ2v) is 7.46. The number of hydrogen-bond donors (Lipinski definition) is 1.